The molecule has 110 valence electrons. The van der Waals surface area contributed by atoms with Crippen molar-refractivity contribution < 1.29 is 13.7 Å². The van der Waals surface area contributed by atoms with Crippen LogP contribution in [0.1, 0.15) is 41.6 Å². The number of carbonyl (C=O) groups excluding carboxylic acids is 1. The van der Waals surface area contributed by atoms with Crippen molar-refractivity contribution in [2.24, 2.45) is 5.92 Å². The Morgan fingerprint density at radius 3 is 2.57 bits per heavy atom. The molecule has 21 heavy (non-hydrogen) atoms. The SMILES string of the molecule is COc1ccc(C#N)cc1C(=O)C1CC2CCC(C1)S2=O. The molecule has 0 aliphatic carbocycles. The van der Waals surface area contributed by atoms with Crippen LogP contribution in [0.5, 0.6) is 5.75 Å². The van der Waals surface area contributed by atoms with Crippen molar-refractivity contribution >= 4 is 16.6 Å². The van der Waals surface area contributed by atoms with Crippen LogP contribution in [0, 0.1) is 17.2 Å². The molecule has 3 rings (SSSR count). The summed E-state index contributed by atoms with van der Waals surface area (Å²) in [7, 11) is 0.764. The summed E-state index contributed by atoms with van der Waals surface area (Å²) in [4.78, 5) is 12.8. The van der Waals surface area contributed by atoms with E-state index in [9.17, 15) is 9.00 Å². The molecule has 2 saturated heterocycles. The highest BCUT2D eigenvalue weighted by Gasteiger charge is 2.43. The van der Waals surface area contributed by atoms with Gasteiger partial charge in [-0.05, 0) is 43.9 Å². The van der Waals surface area contributed by atoms with Crippen molar-refractivity contribution in [3.05, 3.63) is 29.3 Å². The maximum atomic E-state index is 12.8. The van der Waals surface area contributed by atoms with E-state index in [0.29, 0.717) is 29.7 Å². The maximum Gasteiger partial charge on any atom is 0.169 e. The van der Waals surface area contributed by atoms with Crippen LogP contribution in [0.25, 0.3) is 0 Å². The zero-order chi connectivity index (χ0) is 15.0. The molecule has 0 amide bonds. The second-order valence-electron chi connectivity index (χ2n) is 5.71. The predicted octanol–water partition coefficient (Wildman–Crippen LogP) is 2.44. The molecule has 2 heterocycles. The van der Waals surface area contributed by atoms with E-state index in [1.54, 1.807) is 18.2 Å². The summed E-state index contributed by atoms with van der Waals surface area (Å²) in [5, 5.41) is 9.34. The summed E-state index contributed by atoms with van der Waals surface area (Å²) in [6, 6.07) is 6.98. The van der Waals surface area contributed by atoms with E-state index < -0.39 is 10.8 Å². The number of benzene rings is 1. The number of ether oxygens (including phenoxy) is 1. The molecular formula is C16H17NO3S. The molecule has 2 fully saturated rings. The number of methoxy groups -OCH3 is 1. The van der Waals surface area contributed by atoms with Crippen molar-refractivity contribution in [1.82, 2.24) is 0 Å². The standard InChI is InChI=1S/C16H17NO3S/c1-20-15-5-2-10(9-17)6-14(15)16(18)11-7-12-3-4-13(8-11)21(12)19/h2,5-6,11-13H,3-4,7-8H2,1H3. The van der Waals surface area contributed by atoms with Crippen molar-refractivity contribution in [2.45, 2.75) is 36.2 Å². The Labute approximate surface area is 126 Å². The number of nitriles is 1. The summed E-state index contributed by atoms with van der Waals surface area (Å²) >= 11 is 0. The maximum absolute atomic E-state index is 12.8. The Morgan fingerprint density at radius 2 is 2.00 bits per heavy atom. The minimum atomic E-state index is -0.761. The molecule has 2 atom stereocenters. The van der Waals surface area contributed by atoms with Gasteiger partial charge in [-0.3, -0.25) is 9.00 Å². The normalized spacial score (nSPS) is 30.7. The average Bonchev–Trinajstić information content (AvgIpc) is 2.75. The largest absolute Gasteiger partial charge is 0.496 e. The lowest BCUT2D eigenvalue weighted by Gasteiger charge is -2.26. The topological polar surface area (TPSA) is 67.2 Å². The predicted molar refractivity (Wildman–Crippen MR) is 79.7 cm³/mol. The summed E-state index contributed by atoms with van der Waals surface area (Å²) in [6.07, 6.45) is 3.33. The number of ketones is 1. The second kappa shape index (κ2) is 5.61. The van der Waals surface area contributed by atoms with E-state index in [1.807, 2.05) is 0 Å². The van der Waals surface area contributed by atoms with Crippen LogP contribution in [0.4, 0.5) is 0 Å². The van der Waals surface area contributed by atoms with Gasteiger partial charge in [0, 0.05) is 27.2 Å². The quantitative estimate of drug-likeness (QED) is 0.804. The minimum Gasteiger partial charge on any atom is -0.496 e. The van der Waals surface area contributed by atoms with Crippen molar-refractivity contribution in [3.63, 3.8) is 0 Å². The van der Waals surface area contributed by atoms with Gasteiger partial charge in [0.05, 0.1) is 24.3 Å². The lowest BCUT2D eigenvalue weighted by molar-refractivity contribution is 0.0903. The van der Waals surface area contributed by atoms with Crippen LogP contribution in [0.3, 0.4) is 0 Å². The zero-order valence-electron chi connectivity index (χ0n) is 11.9. The third-order valence-corrected chi connectivity index (χ3v) is 6.70. The van der Waals surface area contributed by atoms with E-state index in [-0.39, 0.29) is 22.2 Å². The lowest BCUT2D eigenvalue weighted by Crippen LogP contribution is -2.32. The summed E-state index contributed by atoms with van der Waals surface area (Å²) in [6.45, 7) is 0. The fraction of sp³-hybridized carbons (Fsp3) is 0.500. The number of hydrogen-bond donors (Lipinski definition) is 0. The molecular weight excluding hydrogens is 286 g/mol. The molecule has 0 spiro atoms. The summed E-state index contributed by atoms with van der Waals surface area (Å²) in [5.41, 5.74) is 0.940. The monoisotopic (exact) mass is 303 g/mol. The van der Waals surface area contributed by atoms with Gasteiger partial charge < -0.3 is 4.74 Å². The second-order valence-corrected chi connectivity index (χ2v) is 7.70. The fourth-order valence-corrected chi connectivity index (χ4v) is 5.56. The Balaban J connectivity index is 1.89. The Kier molecular flexibility index (Phi) is 3.81. The van der Waals surface area contributed by atoms with Gasteiger partial charge in [-0.1, -0.05) is 0 Å². The highest BCUT2D eigenvalue weighted by molar-refractivity contribution is 7.86. The molecule has 0 radical (unpaired) electrons. The smallest absolute Gasteiger partial charge is 0.169 e. The first-order valence-corrected chi connectivity index (χ1v) is 8.43. The zero-order valence-corrected chi connectivity index (χ0v) is 12.7. The Hall–Kier alpha value is -1.67. The van der Waals surface area contributed by atoms with E-state index in [2.05, 4.69) is 6.07 Å². The first kappa shape index (κ1) is 14.3. The van der Waals surface area contributed by atoms with E-state index >= 15 is 0 Å². The van der Waals surface area contributed by atoms with Gasteiger partial charge in [-0.15, -0.1) is 0 Å². The molecule has 0 aromatic heterocycles. The highest BCUT2D eigenvalue weighted by Crippen LogP contribution is 2.40. The van der Waals surface area contributed by atoms with Crippen molar-refractivity contribution in [2.75, 3.05) is 7.11 Å². The van der Waals surface area contributed by atoms with Crippen molar-refractivity contribution in [3.8, 4) is 11.8 Å². The van der Waals surface area contributed by atoms with Gasteiger partial charge in [-0.2, -0.15) is 5.26 Å². The van der Waals surface area contributed by atoms with Gasteiger partial charge in [0.15, 0.2) is 5.78 Å². The van der Waals surface area contributed by atoms with E-state index in [1.165, 1.54) is 7.11 Å². The van der Waals surface area contributed by atoms with Crippen LogP contribution in [-0.4, -0.2) is 27.6 Å². The highest BCUT2D eigenvalue weighted by atomic mass is 32.2. The summed E-state index contributed by atoms with van der Waals surface area (Å²) in [5.74, 6) is 0.443. The number of carbonyl (C=O) groups is 1. The molecule has 2 unspecified atom stereocenters. The Bertz CT molecular complexity index is 633. The molecule has 1 aromatic rings. The minimum absolute atomic E-state index is 0.0255. The number of rotatable bonds is 3. The number of hydrogen-bond acceptors (Lipinski definition) is 4. The lowest BCUT2D eigenvalue weighted by atomic mass is 9.89. The Morgan fingerprint density at radius 1 is 1.33 bits per heavy atom. The van der Waals surface area contributed by atoms with Gasteiger partial charge in [0.2, 0.25) is 0 Å². The fourth-order valence-electron chi connectivity index (χ4n) is 3.44. The third kappa shape index (κ3) is 2.49. The number of Topliss-reactive ketones (excluding diaryl/α,β-unsaturated/α-hetero) is 1. The van der Waals surface area contributed by atoms with Crippen LogP contribution in [-0.2, 0) is 10.8 Å². The van der Waals surface area contributed by atoms with Crippen LogP contribution in [0.2, 0.25) is 0 Å². The van der Waals surface area contributed by atoms with E-state index in [4.69, 9.17) is 10.00 Å². The molecule has 1 aromatic carbocycles. The first-order chi connectivity index (χ1) is 10.1. The van der Waals surface area contributed by atoms with Gasteiger partial charge in [0.1, 0.15) is 5.75 Å². The van der Waals surface area contributed by atoms with Gasteiger partial charge in [0.25, 0.3) is 0 Å². The molecule has 2 aliphatic heterocycles. The van der Waals surface area contributed by atoms with Crippen molar-refractivity contribution in [1.29, 1.82) is 5.26 Å². The van der Waals surface area contributed by atoms with Crippen LogP contribution in [0.15, 0.2) is 18.2 Å². The number of fused-ring (bicyclic) bond motifs is 2. The third-order valence-electron chi connectivity index (χ3n) is 4.53. The molecule has 5 heteroatoms. The van der Waals surface area contributed by atoms with Gasteiger partial charge in [-0.25, -0.2) is 0 Å². The molecule has 0 saturated carbocycles. The first-order valence-electron chi connectivity index (χ1n) is 7.15. The van der Waals surface area contributed by atoms with Crippen LogP contribution < -0.4 is 4.74 Å². The molecule has 4 nitrogen and oxygen atoms in total. The van der Waals surface area contributed by atoms with E-state index in [0.717, 1.165) is 12.8 Å². The van der Waals surface area contributed by atoms with Crippen LogP contribution >= 0.6 is 0 Å². The average molecular weight is 303 g/mol. The molecule has 2 aliphatic rings. The van der Waals surface area contributed by atoms with Gasteiger partial charge >= 0.3 is 0 Å². The molecule has 0 N–H and O–H groups in total. The summed E-state index contributed by atoms with van der Waals surface area (Å²) < 4.78 is 17.3. The number of nitrogens with zero attached hydrogens (tertiary/aromatic N) is 1. The molecule has 2 bridgehead atoms.